The van der Waals surface area contributed by atoms with Gasteiger partial charge in [-0.25, -0.2) is 10.4 Å². The molecular weight excluding hydrogens is 709 g/mol. The molecule has 0 saturated heterocycles. The number of nitrogens with zero attached hydrogens (tertiary/aromatic N) is 4. The van der Waals surface area contributed by atoms with Crippen molar-refractivity contribution in [3.05, 3.63) is 106 Å². The number of anilines is 2. The minimum Gasteiger partial charge on any atom is -0.595 e. The number of rotatable bonds is 17. The van der Waals surface area contributed by atoms with Crippen molar-refractivity contribution in [2.24, 2.45) is 0 Å². The van der Waals surface area contributed by atoms with E-state index in [-0.39, 0.29) is 22.2 Å². The zero-order valence-electron chi connectivity index (χ0n) is 34.1. The molecule has 2 atom stereocenters. The van der Waals surface area contributed by atoms with Gasteiger partial charge < -0.3 is 29.0 Å². The van der Waals surface area contributed by atoms with Gasteiger partial charge in [0.05, 0.1) is 23.0 Å². The molecule has 2 unspecified atom stereocenters. The van der Waals surface area contributed by atoms with Gasteiger partial charge in [-0.3, -0.25) is 0 Å². The van der Waals surface area contributed by atoms with Gasteiger partial charge in [0.2, 0.25) is 11.4 Å². The van der Waals surface area contributed by atoms with Crippen LogP contribution in [-0.4, -0.2) is 70.3 Å². The molecule has 6 rings (SSSR count). The van der Waals surface area contributed by atoms with Crippen LogP contribution in [-0.2, 0) is 10.8 Å². The molecule has 12 nitrogen and oxygen atoms in total. The van der Waals surface area contributed by atoms with E-state index >= 15 is 0 Å². The van der Waals surface area contributed by atoms with Crippen LogP contribution in [0, 0.1) is 10.4 Å². The Kier molecular flexibility index (Phi) is 12.2. The molecule has 0 bridgehead atoms. The lowest BCUT2D eigenvalue weighted by Gasteiger charge is -2.17. The fourth-order valence-electron chi connectivity index (χ4n) is 8.26. The molecule has 0 aliphatic carbocycles. The summed E-state index contributed by atoms with van der Waals surface area (Å²) in [4.78, 5) is 4.33. The summed E-state index contributed by atoms with van der Waals surface area (Å²) in [6.07, 6.45) is 9.81. The van der Waals surface area contributed by atoms with Crippen molar-refractivity contribution in [3.63, 3.8) is 0 Å². The SMILES string of the molecule is CCN(CC)c1ccc(/C=C/C2=[N+](CCCC[N+]3=C(/C=C/c4ccc(N(CC)CC)o4)C(C)(C)c4ccc([NH+]([O-])O)cc43)c3cc([NH+]([O-])O)ccc3C2(C)C)o1. The average molecular weight is 767 g/mol. The molecule has 0 amide bonds. The van der Waals surface area contributed by atoms with Crippen LogP contribution in [0.15, 0.2) is 81.7 Å². The highest BCUT2D eigenvalue weighted by Crippen LogP contribution is 2.43. The van der Waals surface area contributed by atoms with E-state index in [9.17, 15) is 20.8 Å². The molecule has 12 heteroatoms. The molecule has 2 aliphatic heterocycles. The minimum atomic E-state index is -0.958. The van der Waals surface area contributed by atoms with Gasteiger partial charge in [-0.2, -0.15) is 19.6 Å². The summed E-state index contributed by atoms with van der Waals surface area (Å²) in [6, 6.07) is 18.8. The summed E-state index contributed by atoms with van der Waals surface area (Å²) in [7, 11) is 0. The second kappa shape index (κ2) is 16.7. The standard InChI is InChI=1S/C44H58N6O6/c1-9-45(10-2)41-25-19-33(55-41)17-23-39-43(5,6)35-21-15-31(49(51)52)29-37(35)47(39)27-13-14-28-48-38-30-32(50(53)54)16-22-36(38)44(7,8)40(48)24-18-34-20-26-42(56-34)46(11-3)12-4/h15-26,29-30,49-51,53H,9-14,27-28H2,1-8H3/q+2. The molecule has 0 spiro atoms. The number of hydrogen-bond donors (Lipinski definition) is 4. The smallest absolute Gasteiger partial charge is 0.215 e. The number of hydrogen-bond acceptors (Lipinski definition) is 8. The van der Waals surface area contributed by atoms with Gasteiger partial charge in [0.25, 0.3) is 0 Å². The van der Waals surface area contributed by atoms with Crippen LogP contribution in [0.4, 0.5) is 34.5 Å². The summed E-state index contributed by atoms with van der Waals surface area (Å²) in [6.45, 7) is 21.9. The van der Waals surface area contributed by atoms with Crippen LogP contribution >= 0.6 is 0 Å². The molecule has 4 N–H and O–H groups in total. The van der Waals surface area contributed by atoms with Crippen molar-refractivity contribution in [2.75, 3.05) is 49.1 Å². The predicted octanol–water partition coefficient (Wildman–Crippen LogP) is 7.03. The van der Waals surface area contributed by atoms with E-state index in [2.05, 4.69) is 86.5 Å². The van der Waals surface area contributed by atoms with E-state index in [1.165, 1.54) is 0 Å². The van der Waals surface area contributed by atoms with Crippen molar-refractivity contribution in [1.82, 2.24) is 0 Å². The van der Waals surface area contributed by atoms with E-state index in [0.717, 1.165) is 96.2 Å². The lowest BCUT2D eigenvalue weighted by molar-refractivity contribution is -0.991. The Morgan fingerprint density at radius 3 is 1.30 bits per heavy atom. The third-order valence-corrected chi connectivity index (χ3v) is 11.5. The third-order valence-electron chi connectivity index (χ3n) is 11.5. The zero-order valence-corrected chi connectivity index (χ0v) is 34.1. The van der Waals surface area contributed by atoms with Crippen LogP contribution in [0.2, 0.25) is 0 Å². The number of benzene rings is 2. The molecular formula is C44H58N6O6+2. The Morgan fingerprint density at radius 2 is 0.964 bits per heavy atom. The maximum absolute atomic E-state index is 12.1. The monoisotopic (exact) mass is 766 g/mol. The molecule has 2 aromatic heterocycles. The highest BCUT2D eigenvalue weighted by Gasteiger charge is 2.46. The second-order valence-electron chi connectivity index (χ2n) is 15.5. The van der Waals surface area contributed by atoms with E-state index in [4.69, 9.17) is 8.83 Å². The van der Waals surface area contributed by atoms with Gasteiger partial charge in [-0.05, 0) is 91.8 Å². The first-order valence-electron chi connectivity index (χ1n) is 19.9. The molecule has 4 aromatic rings. The van der Waals surface area contributed by atoms with Gasteiger partial charge in [0.1, 0.15) is 24.6 Å². The molecule has 4 heterocycles. The van der Waals surface area contributed by atoms with E-state index < -0.39 is 10.5 Å². The molecule has 0 saturated carbocycles. The van der Waals surface area contributed by atoms with Crippen molar-refractivity contribution in [1.29, 1.82) is 0 Å². The third kappa shape index (κ3) is 7.90. The topological polar surface area (TPSA) is 134 Å². The highest BCUT2D eigenvalue weighted by molar-refractivity contribution is 6.06. The van der Waals surface area contributed by atoms with E-state index in [1.807, 2.05) is 48.6 Å². The van der Waals surface area contributed by atoms with Crippen molar-refractivity contribution >= 4 is 58.1 Å². The van der Waals surface area contributed by atoms with Crippen LogP contribution in [0.3, 0.4) is 0 Å². The Hall–Kier alpha value is -4.82. The van der Waals surface area contributed by atoms with Gasteiger partial charge in [0.15, 0.2) is 34.6 Å². The quantitative estimate of drug-likeness (QED) is 0.0512. The van der Waals surface area contributed by atoms with Crippen LogP contribution < -0.4 is 20.3 Å². The lowest BCUT2D eigenvalue weighted by Crippen LogP contribution is -2.99. The van der Waals surface area contributed by atoms with Gasteiger partial charge in [-0.15, -0.1) is 0 Å². The predicted molar refractivity (Wildman–Crippen MR) is 222 cm³/mol. The van der Waals surface area contributed by atoms with Crippen molar-refractivity contribution in [2.45, 2.75) is 79.1 Å². The van der Waals surface area contributed by atoms with Gasteiger partial charge >= 0.3 is 0 Å². The molecule has 2 aromatic carbocycles. The Morgan fingerprint density at radius 1 is 0.589 bits per heavy atom. The number of allylic oxidation sites excluding steroid dienone is 2. The van der Waals surface area contributed by atoms with Crippen molar-refractivity contribution in [3.8, 4) is 0 Å². The summed E-state index contributed by atoms with van der Waals surface area (Å²) >= 11 is 0. The van der Waals surface area contributed by atoms with Crippen LogP contribution in [0.25, 0.3) is 12.2 Å². The maximum Gasteiger partial charge on any atom is 0.215 e. The van der Waals surface area contributed by atoms with Crippen LogP contribution in [0.5, 0.6) is 0 Å². The fourth-order valence-corrected chi connectivity index (χ4v) is 8.26. The fraction of sp³-hybridized carbons (Fsp3) is 0.409. The first kappa shape index (κ1) is 40.8. The number of quaternary nitrogens is 2. The Bertz CT molecular complexity index is 1990. The van der Waals surface area contributed by atoms with Crippen molar-refractivity contribution < 1.29 is 38.9 Å². The first-order chi connectivity index (χ1) is 26.7. The largest absolute Gasteiger partial charge is 0.595 e. The summed E-state index contributed by atoms with van der Waals surface area (Å²) < 4.78 is 16.9. The lowest BCUT2D eigenvalue weighted by atomic mass is 9.81. The summed E-state index contributed by atoms with van der Waals surface area (Å²) in [5.74, 6) is 3.17. The normalized spacial score (nSPS) is 17.0. The number of fused-ring (bicyclic) bond motifs is 2. The van der Waals surface area contributed by atoms with Gasteiger partial charge in [-0.1, -0.05) is 0 Å². The van der Waals surface area contributed by atoms with Crippen LogP contribution in [0.1, 0.15) is 90.9 Å². The minimum absolute atomic E-state index is 0.252. The molecule has 56 heavy (non-hydrogen) atoms. The maximum atomic E-state index is 12.1. The van der Waals surface area contributed by atoms with E-state index in [0.29, 0.717) is 13.1 Å². The van der Waals surface area contributed by atoms with E-state index in [1.54, 1.807) is 24.3 Å². The summed E-state index contributed by atoms with van der Waals surface area (Å²) in [5, 5.41) is 42.2. The highest BCUT2D eigenvalue weighted by atomic mass is 16.8. The molecule has 0 radical (unpaired) electrons. The molecule has 0 fully saturated rings. The molecule has 2 aliphatic rings. The summed E-state index contributed by atoms with van der Waals surface area (Å²) in [5.41, 5.74) is 5.80. The molecule has 298 valence electrons. The number of unbranched alkanes of at least 4 members (excludes halogenated alkanes) is 1. The average Bonchev–Trinajstić information content (AvgIpc) is 3.93. The number of furan rings is 2. The Balaban J connectivity index is 1.32. The number of nitrogens with one attached hydrogen (secondary N) is 2. The van der Waals surface area contributed by atoms with Gasteiger partial charge in [0, 0.05) is 86.6 Å². The Labute approximate surface area is 330 Å². The first-order valence-corrected chi connectivity index (χ1v) is 19.9. The zero-order chi connectivity index (χ0) is 40.4. The second-order valence-corrected chi connectivity index (χ2v) is 15.5.